The minimum Gasteiger partial charge on any atom is -0.356 e. The van der Waals surface area contributed by atoms with Gasteiger partial charge in [-0.05, 0) is 51.1 Å². The lowest BCUT2D eigenvalue weighted by Crippen LogP contribution is -2.32. The van der Waals surface area contributed by atoms with Gasteiger partial charge in [0, 0.05) is 26.3 Å². The van der Waals surface area contributed by atoms with E-state index in [2.05, 4.69) is 42.2 Å². The van der Waals surface area contributed by atoms with Gasteiger partial charge in [0.15, 0.2) is 6.29 Å². The Balaban J connectivity index is 1.85. The average molecular weight is 291 g/mol. The van der Waals surface area contributed by atoms with Crippen molar-refractivity contribution in [1.29, 1.82) is 0 Å². The molecule has 0 amide bonds. The summed E-state index contributed by atoms with van der Waals surface area (Å²) in [4.78, 5) is 2.67. The first kappa shape index (κ1) is 16.5. The van der Waals surface area contributed by atoms with E-state index in [1.807, 2.05) is 0 Å². The van der Waals surface area contributed by atoms with Gasteiger partial charge < -0.3 is 9.47 Å². The Morgan fingerprint density at radius 1 is 1.19 bits per heavy atom. The first-order valence-electron chi connectivity index (χ1n) is 8.12. The van der Waals surface area contributed by atoms with Gasteiger partial charge in [0.25, 0.3) is 0 Å². The molecule has 0 radical (unpaired) electrons. The van der Waals surface area contributed by atoms with Crippen LogP contribution < -0.4 is 0 Å². The fourth-order valence-electron chi connectivity index (χ4n) is 3.45. The fraction of sp³-hybridized carbons (Fsp3) is 0.667. The van der Waals surface area contributed by atoms with Gasteiger partial charge in [-0.2, -0.15) is 0 Å². The molecule has 2 rings (SSSR count). The van der Waals surface area contributed by atoms with E-state index in [1.165, 1.54) is 31.4 Å². The van der Waals surface area contributed by atoms with Crippen molar-refractivity contribution in [3.05, 3.63) is 35.9 Å². The largest absolute Gasteiger partial charge is 0.356 e. The number of nitrogens with zero attached hydrogens (tertiary/aromatic N) is 1. The monoisotopic (exact) mass is 291 g/mol. The van der Waals surface area contributed by atoms with Crippen molar-refractivity contribution in [3.8, 4) is 0 Å². The fourth-order valence-corrected chi connectivity index (χ4v) is 3.45. The topological polar surface area (TPSA) is 21.7 Å². The zero-order valence-corrected chi connectivity index (χ0v) is 13.6. The number of ether oxygens (including phenoxy) is 2. The second kappa shape index (κ2) is 8.52. The van der Waals surface area contributed by atoms with Crippen molar-refractivity contribution in [3.63, 3.8) is 0 Å². The van der Waals surface area contributed by atoms with Crippen LogP contribution in [-0.4, -0.2) is 38.0 Å². The predicted molar refractivity (Wildman–Crippen MR) is 86.2 cm³/mol. The van der Waals surface area contributed by atoms with E-state index in [0.717, 1.165) is 12.8 Å². The van der Waals surface area contributed by atoms with Crippen LogP contribution >= 0.6 is 0 Å². The molecule has 0 N–H and O–H groups in total. The summed E-state index contributed by atoms with van der Waals surface area (Å²) in [5.74, 6) is 0. The molecule has 0 unspecified atom stereocenters. The Labute approximate surface area is 129 Å². The molecule has 0 aromatic heterocycles. The third-order valence-electron chi connectivity index (χ3n) is 4.71. The van der Waals surface area contributed by atoms with Gasteiger partial charge in [0.2, 0.25) is 0 Å². The van der Waals surface area contributed by atoms with Crippen LogP contribution in [-0.2, 0) is 9.47 Å². The highest BCUT2D eigenvalue weighted by atomic mass is 16.7. The molecule has 0 spiro atoms. The summed E-state index contributed by atoms with van der Waals surface area (Å²) in [6.07, 6.45) is 5.97. The summed E-state index contributed by atoms with van der Waals surface area (Å²) in [7, 11) is 3.43. The molecule has 1 aromatic rings. The van der Waals surface area contributed by atoms with Crippen molar-refractivity contribution in [2.24, 2.45) is 0 Å². The molecule has 21 heavy (non-hydrogen) atoms. The second-order valence-corrected chi connectivity index (χ2v) is 5.95. The highest BCUT2D eigenvalue weighted by Crippen LogP contribution is 2.31. The molecule has 1 saturated heterocycles. The van der Waals surface area contributed by atoms with Crippen molar-refractivity contribution < 1.29 is 9.47 Å². The summed E-state index contributed by atoms with van der Waals surface area (Å²) < 4.78 is 10.5. The molecular formula is C18H29NO2. The third kappa shape index (κ3) is 4.53. The summed E-state index contributed by atoms with van der Waals surface area (Å²) in [5.41, 5.74) is 1.43. The van der Waals surface area contributed by atoms with Crippen LogP contribution in [0.3, 0.4) is 0 Å². The van der Waals surface area contributed by atoms with Crippen LogP contribution in [0.5, 0.6) is 0 Å². The van der Waals surface area contributed by atoms with Crippen LogP contribution in [0, 0.1) is 0 Å². The second-order valence-electron chi connectivity index (χ2n) is 5.95. The van der Waals surface area contributed by atoms with Gasteiger partial charge in [0.1, 0.15) is 0 Å². The lowest BCUT2D eigenvalue weighted by molar-refractivity contribution is -0.107. The molecule has 2 atom stereocenters. The normalized spacial score (nSPS) is 21.0. The number of benzene rings is 1. The minimum absolute atomic E-state index is 0.0496. The van der Waals surface area contributed by atoms with E-state index in [0.29, 0.717) is 12.1 Å². The van der Waals surface area contributed by atoms with Crippen molar-refractivity contribution in [1.82, 2.24) is 4.90 Å². The molecule has 1 heterocycles. The van der Waals surface area contributed by atoms with Crippen molar-refractivity contribution >= 4 is 0 Å². The average Bonchev–Trinajstić information content (AvgIpc) is 3.00. The number of methoxy groups -OCH3 is 2. The van der Waals surface area contributed by atoms with E-state index in [9.17, 15) is 0 Å². The molecule has 0 aliphatic carbocycles. The van der Waals surface area contributed by atoms with Gasteiger partial charge in [-0.25, -0.2) is 0 Å². The highest BCUT2D eigenvalue weighted by Gasteiger charge is 2.28. The third-order valence-corrected chi connectivity index (χ3v) is 4.71. The maximum Gasteiger partial charge on any atom is 0.156 e. The Morgan fingerprint density at radius 3 is 2.57 bits per heavy atom. The molecule has 0 bridgehead atoms. The van der Waals surface area contributed by atoms with Crippen LogP contribution in [0.25, 0.3) is 0 Å². The van der Waals surface area contributed by atoms with Crippen LogP contribution in [0.4, 0.5) is 0 Å². The van der Waals surface area contributed by atoms with E-state index in [-0.39, 0.29) is 6.29 Å². The van der Waals surface area contributed by atoms with Crippen LogP contribution in [0.2, 0.25) is 0 Å². The Bertz CT molecular complexity index is 391. The maximum absolute atomic E-state index is 5.27. The molecule has 3 nitrogen and oxygen atoms in total. The Morgan fingerprint density at radius 2 is 1.90 bits per heavy atom. The Hall–Kier alpha value is -0.900. The Kier molecular flexibility index (Phi) is 6.68. The highest BCUT2D eigenvalue weighted by molar-refractivity contribution is 5.18. The quantitative estimate of drug-likeness (QED) is 0.676. The molecule has 3 heteroatoms. The number of rotatable bonds is 8. The molecule has 1 aliphatic rings. The van der Waals surface area contributed by atoms with Gasteiger partial charge in [-0.15, -0.1) is 0 Å². The number of hydrogen-bond donors (Lipinski definition) is 0. The summed E-state index contributed by atoms with van der Waals surface area (Å²) >= 11 is 0. The maximum atomic E-state index is 5.27. The summed E-state index contributed by atoms with van der Waals surface area (Å²) in [6.45, 7) is 3.56. The lowest BCUT2D eigenvalue weighted by Gasteiger charge is -2.31. The molecule has 1 aliphatic heterocycles. The minimum atomic E-state index is -0.0496. The van der Waals surface area contributed by atoms with Crippen molar-refractivity contribution in [2.75, 3.05) is 20.8 Å². The molecular weight excluding hydrogens is 262 g/mol. The SMILES string of the molecule is COC(CCC[C@@H]1CCCN1[C@@H](C)c1ccccc1)OC. The van der Waals surface area contributed by atoms with E-state index >= 15 is 0 Å². The van der Waals surface area contributed by atoms with Crippen molar-refractivity contribution in [2.45, 2.75) is 57.4 Å². The molecule has 0 saturated carbocycles. The van der Waals surface area contributed by atoms with Gasteiger partial charge in [-0.3, -0.25) is 4.90 Å². The van der Waals surface area contributed by atoms with Crippen LogP contribution in [0.1, 0.15) is 50.6 Å². The van der Waals surface area contributed by atoms with Gasteiger partial charge in [-0.1, -0.05) is 30.3 Å². The lowest BCUT2D eigenvalue weighted by atomic mass is 10.0. The number of hydrogen-bond acceptors (Lipinski definition) is 3. The summed E-state index contributed by atoms with van der Waals surface area (Å²) in [5, 5.41) is 0. The van der Waals surface area contributed by atoms with Crippen LogP contribution in [0.15, 0.2) is 30.3 Å². The first-order valence-corrected chi connectivity index (χ1v) is 8.12. The zero-order valence-electron chi connectivity index (χ0n) is 13.6. The molecule has 1 fully saturated rings. The van der Waals surface area contributed by atoms with E-state index in [1.54, 1.807) is 14.2 Å². The molecule has 118 valence electrons. The molecule has 1 aromatic carbocycles. The smallest absolute Gasteiger partial charge is 0.156 e. The summed E-state index contributed by atoms with van der Waals surface area (Å²) in [6, 6.07) is 12.1. The van der Waals surface area contributed by atoms with E-state index in [4.69, 9.17) is 9.47 Å². The number of likely N-dealkylation sites (tertiary alicyclic amines) is 1. The zero-order chi connectivity index (χ0) is 15.1. The van der Waals surface area contributed by atoms with E-state index < -0.39 is 0 Å². The predicted octanol–water partition coefficient (Wildman–Crippen LogP) is 4.00. The van der Waals surface area contributed by atoms with Gasteiger partial charge >= 0.3 is 0 Å². The van der Waals surface area contributed by atoms with Gasteiger partial charge in [0.05, 0.1) is 0 Å². The standard InChI is InChI=1S/C18H29NO2/c1-15(16-9-5-4-6-10-16)19-14-8-12-17(19)11-7-13-18(20-2)21-3/h4-6,9-10,15,17-18H,7-8,11-14H2,1-3H3/t15-,17+/m0/s1. The first-order chi connectivity index (χ1) is 10.3.